The van der Waals surface area contributed by atoms with E-state index in [-0.39, 0.29) is 0 Å². The molecule has 2 N–H and O–H groups in total. The van der Waals surface area contributed by atoms with Gasteiger partial charge in [0.2, 0.25) is 0 Å². The minimum atomic E-state index is 0.786. The van der Waals surface area contributed by atoms with E-state index in [4.69, 9.17) is 10.2 Å². The SMILES string of the molecule is CCN(Cc1ccco1)c1ccc(N)cc1C. The summed E-state index contributed by atoms with van der Waals surface area (Å²) in [6.07, 6.45) is 1.71. The fourth-order valence-electron chi connectivity index (χ4n) is 1.99. The van der Waals surface area contributed by atoms with Crippen LogP contribution in [0.15, 0.2) is 41.0 Å². The number of nitrogens with two attached hydrogens (primary N) is 1. The van der Waals surface area contributed by atoms with Crippen LogP contribution in [0.3, 0.4) is 0 Å². The van der Waals surface area contributed by atoms with Crippen molar-refractivity contribution in [3.8, 4) is 0 Å². The molecule has 0 bridgehead atoms. The van der Waals surface area contributed by atoms with Crippen LogP contribution >= 0.6 is 0 Å². The lowest BCUT2D eigenvalue weighted by molar-refractivity contribution is 0.503. The van der Waals surface area contributed by atoms with Gasteiger partial charge in [0.25, 0.3) is 0 Å². The fraction of sp³-hybridized carbons (Fsp3) is 0.286. The normalized spacial score (nSPS) is 10.5. The standard InChI is InChI=1S/C14H18N2O/c1-3-16(10-13-5-4-8-17-13)14-7-6-12(15)9-11(14)2/h4-9H,3,10,15H2,1-2H3. The molecule has 2 rings (SSSR count). The molecule has 0 aliphatic rings. The van der Waals surface area contributed by atoms with Crippen molar-refractivity contribution in [2.45, 2.75) is 20.4 Å². The van der Waals surface area contributed by atoms with Crippen LogP contribution in [0.25, 0.3) is 0 Å². The van der Waals surface area contributed by atoms with Crippen molar-refractivity contribution in [3.05, 3.63) is 47.9 Å². The zero-order valence-electron chi connectivity index (χ0n) is 10.3. The van der Waals surface area contributed by atoms with Crippen molar-refractivity contribution in [2.75, 3.05) is 17.2 Å². The van der Waals surface area contributed by atoms with Crippen LogP contribution in [0.1, 0.15) is 18.2 Å². The van der Waals surface area contributed by atoms with E-state index in [9.17, 15) is 0 Å². The molecule has 0 radical (unpaired) electrons. The van der Waals surface area contributed by atoms with Gasteiger partial charge in [-0.25, -0.2) is 0 Å². The van der Waals surface area contributed by atoms with Gasteiger partial charge in [-0.2, -0.15) is 0 Å². The molecule has 2 aromatic rings. The summed E-state index contributed by atoms with van der Waals surface area (Å²) in [6.45, 7) is 5.94. The number of anilines is 2. The van der Waals surface area contributed by atoms with Gasteiger partial charge in [0.1, 0.15) is 5.76 Å². The lowest BCUT2D eigenvalue weighted by Gasteiger charge is -2.24. The van der Waals surface area contributed by atoms with E-state index in [0.29, 0.717) is 0 Å². The molecule has 0 fully saturated rings. The number of hydrogen-bond donors (Lipinski definition) is 1. The van der Waals surface area contributed by atoms with E-state index in [1.54, 1.807) is 6.26 Å². The highest BCUT2D eigenvalue weighted by atomic mass is 16.3. The first-order valence-corrected chi connectivity index (χ1v) is 5.84. The molecule has 1 heterocycles. The molecule has 0 saturated carbocycles. The molecule has 0 amide bonds. The van der Waals surface area contributed by atoms with E-state index in [0.717, 1.165) is 24.5 Å². The van der Waals surface area contributed by atoms with Crippen molar-refractivity contribution in [1.29, 1.82) is 0 Å². The lowest BCUT2D eigenvalue weighted by Crippen LogP contribution is -2.22. The molecule has 0 aliphatic carbocycles. The number of furan rings is 1. The van der Waals surface area contributed by atoms with E-state index in [1.165, 1.54) is 11.3 Å². The minimum Gasteiger partial charge on any atom is -0.467 e. The highest BCUT2D eigenvalue weighted by molar-refractivity contribution is 5.59. The third kappa shape index (κ3) is 2.61. The van der Waals surface area contributed by atoms with Crippen LogP contribution in [0.4, 0.5) is 11.4 Å². The Bertz CT molecular complexity index is 477. The number of benzene rings is 1. The molecule has 1 aromatic heterocycles. The summed E-state index contributed by atoms with van der Waals surface area (Å²) >= 11 is 0. The number of hydrogen-bond acceptors (Lipinski definition) is 3. The first-order chi connectivity index (χ1) is 8.20. The number of rotatable bonds is 4. The maximum atomic E-state index is 5.77. The van der Waals surface area contributed by atoms with Crippen LogP contribution in [-0.4, -0.2) is 6.54 Å². The Morgan fingerprint density at radius 3 is 2.71 bits per heavy atom. The molecule has 0 unspecified atom stereocenters. The van der Waals surface area contributed by atoms with Crippen LogP contribution in [-0.2, 0) is 6.54 Å². The third-order valence-corrected chi connectivity index (χ3v) is 2.87. The Morgan fingerprint density at radius 1 is 1.29 bits per heavy atom. The summed E-state index contributed by atoms with van der Waals surface area (Å²) in [6, 6.07) is 9.92. The molecule has 0 atom stereocenters. The quantitative estimate of drug-likeness (QED) is 0.820. The molecule has 0 spiro atoms. The van der Waals surface area contributed by atoms with E-state index in [2.05, 4.69) is 24.8 Å². The smallest absolute Gasteiger partial charge is 0.123 e. The van der Waals surface area contributed by atoms with Crippen molar-refractivity contribution in [1.82, 2.24) is 0 Å². The Morgan fingerprint density at radius 2 is 2.12 bits per heavy atom. The second kappa shape index (κ2) is 4.95. The first-order valence-electron chi connectivity index (χ1n) is 5.84. The van der Waals surface area contributed by atoms with Gasteiger partial charge in [0, 0.05) is 17.9 Å². The van der Waals surface area contributed by atoms with Gasteiger partial charge in [-0.3, -0.25) is 0 Å². The summed E-state index contributed by atoms with van der Waals surface area (Å²) in [5.41, 5.74) is 8.97. The largest absolute Gasteiger partial charge is 0.467 e. The second-order valence-electron chi connectivity index (χ2n) is 4.14. The Labute approximate surface area is 102 Å². The van der Waals surface area contributed by atoms with Crippen LogP contribution in [0, 0.1) is 6.92 Å². The Kier molecular flexibility index (Phi) is 3.38. The zero-order valence-corrected chi connectivity index (χ0v) is 10.3. The van der Waals surface area contributed by atoms with E-state index < -0.39 is 0 Å². The highest BCUT2D eigenvalue weighted by Crippen LogP contribution is 2.23. The maximum Gasteiger partial charge on any atom is 0.123 e. The third-order valence-electron chi connectivity index (χ3n) is 2.87. The molecule has 0 saturated heterocycles. The van der Waals surface area contributed by atoms with Crippen LogP contribution in [0.5, 0.6) is 0 Å². The van der Waals surface area contributed by atoms with Gasteiger partial charge in [-0.05, 0) is 49.7 Å². The van der Waals surface area contributed by atoms with Crippen molar-refractivity contribution in [2.24, 2.45) is 0 Å². The predicted octanol–water partition coefficient (Wildman–Crippen LogP) is 3.20. The summed E-state index contributed by atoms with van der Waals surface area (Å²) in [5.74, 6) is 0.975. The van der Waals surface area contributed by atoms with Gasteiger partial charge in [-0.1, -0.05) is 0 Å². The number of nitrogen functional groups attached to an aromatic ring is 1. The molecule has 3 nitrogen and oxygen atoms in total. The summed E-state index contributed by atoms with van der Waals surface area (Å²) < 4.78 is 5.38. The van der Waals surface area contributed by atoms with Gasteiger partial charge >= 0.3 is 0 Å². The van der Waals surface area contributed by atoms with E-state index >= 15 is 0 Å². The first kappa shape index (κ1) is 11.6. The Balaban J connectivity index is 2.23. The molecule has 0 aliphatic heterocycles. The molecule has 3 heteroatoms. The summed E-state index contributed by atoms with van der Waals surface area (Å²) in [5, 5.41) is 0. The second-order valence-corrected chi connectivity index (χ2v) is 4.14. The average Bonchev–Trinajstić information content (AvgIpc) is 2.79. The molecule has 17 heavy (non-hydrogen) atoms. The average molecular weight is 230 g/mol. The summed E-state index contributed by atoms with van der Waals surface area (Å²) in [4.78, 5) is 2.27. The number of nitrogens with zero attached hydrogens (tertiary/aromatic N) is 1. The topological polar surface area (TPSA) is 42.4 Å². The minimum absolute atomic E-state index is 0.786. The number of aryl methyl sites for hydroxylation is 1. The summed E-state index contributed by atoms with van der Waals surface area (Å²) in [7, 11) is 0. The monoisotopic (exact) mass is 230 g/mol. The fourth-order valence-corrected chi connectivity index (χ4v) is 1.99. The van der Waals surface area contributed by atoms with E-state index in [1.807, 2.05) is 24.3 Å². The van der Waals surface area contributed by atoms with Crippen molar-refractivity contribution < 1.29 is 4.42 Å². The predicted molar refractivity (Wildman–Crippen MR) is 71.0 cm³/mol. The molecular weight excluding hydrogens is 212 g/mol. The van der Waals surface area contributed by atoms with Crippen LogP contribution < -0.4 is 10.6 Å². The van der Waals surface area contributed by atoms with Crippen LogP contribution in [0.2, 0.25) is 0 Å². The van der Waals surface area contributed by atoms with Gasteiger partial charge in [0.15, 0.2) is 0 Å². The molecule has 1 aromatic carbocycles. The zero-order chi connectivity index (χ0) is 12.3. The molecular formula is C14H18N2O. The maximum absolute atomic E-state index is 5.77. The van der Waals surface area contributed by atoms with Crippen molar-refractivity contribution in [3.63, 3.8) is 0 Å². The highest BCUT2D eigenvalue weighted by Gasteiger charge is 2.09. The van der Waals surface area contributed by atoms with Gasteiger partial charge in [-0.15, -0.1) is 0 Å². The Hall–Kier alpha value is -1.90. The lowest BCUT2D eigenvalue weighted by atomic mass is 10.1. The van der Waals surface area contributed by atoms with Crippen molar-refractivity contribution >= 4 is 11.4 Å². The van der Waals surface area contributed by atoms with Gasteiger partial charge in [0.05, 0.1) is 12.8 Å². The molecule has 90 valence electrons. The van der Waals surface area contributed by atoms with Gasteiger partial charge < -0.3 is 15.1 Å².